The number of rotatable bonds is 3. The second-order valence-electron chi connectivity index (χ2n) is 4.84. The lowest BCUT2D eigenvalue weighted by Gasteiger charge is -2.40. The van der Waals surface area contributed by atoms with Gasteiger partial charge >= 0.3 is 0 Å². The molecule has 4 heteroatoms. The van der Waals surface area contributed by atoms with Crippen molar-refractivity contribution < 1.29 is 5.21 Å². The van der Waals surface area contributed by atoms with E-state index in [1.54, 1.807) is 0 Å². The zero-order chi connectivity index (χ0) is 11.5. The number of oxime groups is 1. The highest BCUT2D eigenvalue weighted by molar-refractivity contribution is 5.85. The molecule has 0 aromatic heterocycles. The zero-order valence-corrected chi connectivity index (χ0v) is 10.0. The molecule has 1 unspecified atom stereocenters. The number of piperidine rings is 1. The first kappa shape index (κ1) is 12.3. The quantitative estimate of drug-likeness (QED) is 0.324. The minimum atomic E-state index is -0.112. The van der Waals surface area contributed by atoms with Crippen molar-refractivity contribution in [1.82, 2.24) is 4.90 Å². The molecule has 1 heterocycles. The Hall–Kier alpha value is -0.770. The fourth-order valence-electron chi connectivity index (χ4n) is 2.09. The highest BCUT2D eigenvalue weighted by atomic mass is 16.4. The second kappa shape index (κ2) is 4.84. The monoisotopic (exact) mass is 213 g/mol. The van der Waals surface area contributed by atoms with E-state index in [0.29, 0.717) is 11.9 Å². The van der Waals surface area contributed by atoms with Gasteiger partial charge in [-0.3, -0.25) is 0 Å². The molecule has 0 bridgehead atoms. The molecule has 0 aromatic carbocycles. The predicted octanol–water partition coefficient (Wildman–Crippen LogP) is 1.63. The Morgan fingerprint density at radius 3 is 2.47 bits per heavy atom. The maximum absolute atomic E-state index is 8.72. The van der Waals surface area contributed by atoms with E-state index in [1.807, 2.05) is 0 Å². The Labute approximate surface area is 92.1 Å². The standard InChI is InChI=1S/C11H23N3O/c1-4-9(2)14-7-5-11(3,6-8-14)10(12)13-15/h9,15H,4-8H2,1-3H3,(H2,12,13). The maximum Gasteiger partial charge on any atom is 0.145 e. The molecule has 4 nitrogen and oxygen atoms in total. The van der Waals surface area contributed by atoms with Crippen molar-refractivity contribution in [3.8, 4) is 0 Å². The molecule has 1 saturated heterocycles. The minimum absolute atomic E-state index is 0.112. The summed E-state index contributed by atoms with van der Waals surface area (Å²) in [5.41, 5.74) is 5.61. The summed E-state index contributed by atoms with van der Waals surface area (Å²) in [5, 5.41) is 11.9. The van der Waals surface area contributed by atoms with E-state index < -0.39 is 0 Å². The average molecular weight is 213 g/mol. The number of amidine groups is 1. The molecule has 1 aliphatic heterocycles. The molecule has 0 aliphatic carbocycles. The minimum Gasteiger partial charge on any atom is -0.409 e. The van der Waals surface area contributed by atoms with Crippen molar-refractivity contribution in [1.29, 1.82) is 0 Å². The topological polar surface area (TPSA) is 61.8 Å². The summed E-state index contributed by atoms with van der Waals surface area (Å²) in [6.07, 6.45) is 3.14. The fourth-order valence-corrected chi connectivity index (χ4v) is 2.09. The van der Waals surface area contributed by atoms with E-state index in [4.69, 9.17) is 10.9 Å². The molecule has 1 atom stereocenters. The van der Waals surface area contributed by atoms with Gasteiger partial charge in [0.25, 0.3) is 0 Å². The predicted molar refractivity (Wildman–Crippen MR) is 62.1 cm³/mol. The molecule has 0 spiro atoms. The number of nitrogens with zero attached hydrogens (tertiary/aromatic N) is 2. The third-order valence-corrected chi connectivity index (χ3v) is 3.84. The maximum atomic E-state index is 8.72. The van der Waals surface area contributed by atoms with Crippen LogP contribution in [0.2, 0.25) is 0 Å². The number of nitrogens with two attached hydrogens (primary N) is 1. The summed E-state index contributed by atoms with van der Waals surface area (Å²) < 4.78 is 0. The van der Waals surface area contributed by atoms with Crippen LogP contribution >= 0.6 is 0 Å². The smallest absolute Gasteiger partial charge is 0.145 e. The molecular formula is C11H23N3O. The molecule has 0 aromatic rings. The Morgan fingerprint density at radius 1 is 1.53 bits per heavy atom. The summed E-state index contributed by atoms with van der Waals surface area (Å²) in [7, 11) is 0. The van der Waals surface area contributed by atoms with Crippen LogP contribution in [-0.4, -0.2) is 35.1 Å². The normalized spacial score (nSPS) is 25.1. The summed E-state index contributed by atoms with van der Waals surface area (Å²) in [6.45, 7) is 8.63. The van der Waals surface area contributed by atoms with Crippen LogP contribution in [-0.2, 0) is 0 Å². The Balaban J connectivity index is 2.55. The van der Waals surface area contributed by atoms with Gasteiger partial charge in [-0.25, -0.2) is 0 Å². The van der Waals surface area contributed by atoms with Gasteiger partial charge in [0.05, 0.1) is 0 Å². The fraction of sp³-hybridized carbons (Fsp3) is 0.909. The van der Waals surface area contributed by atoms with Gasteiger partial charge in [-0.2, -0.15) is 0 Å². The molecule has 1 rings (SSSR count). The first-order chi connectivity index (χ1) is 7.03. The van der Waals surface area contributed by atoms with Crippen molar-refractivity contribution >= 4 is 5.84 Å². The summed E-state index contributed by atoms with van der Waals surface area (Å²) >= 11 is 0. The van der Waals surface area contributed by atoms with Gasteiger partial charge in [0, 0.05) is 11.5 Å². The Kier molecular flexibility index (Phi) is 3.97. The Morgan fingerprint density at radius 2 is 2.07 bits per heavy atom. The summed E-state index contributed by atoms with van der Waals surface area (Å²) in [4.78, 5) is 2.48. The van der Waals surface area contributed by atoms with E-state index in [9.17, 15) is 0 Å². The first-order valence-corrected chi connectivity index (χ1v) is 5.75. The lowest BCUT2D eigenvalue weighted by Crippen LogP contribution is -2.48. The van der Waals surface area contributed by atoms with Crippen LogP contribution in [0.25, 0.3) is 0 Å². The van der Waals surface area contributed by atoms with Gasteiger partial charge in [0.2, 0.25) is 0 Å². The van der Waals surface area contributed by atoms with E-state index >= 15 is 0 Å². The first-order valence-electron chi connectivity index (χ1n) is 5.75. The van der Waals surface area contributed by atoms with Crippen LogP contribution in [0.15, 0.2) is 5.16 Å². The highest BCUT2D eigenvalue weighted by Gasteiger charge is 2.34. The van der Waals surface area contributed by atoms with Crippen molar-refractivity contribution in [3.05, 3.63) is 0 Å². The zero-order valence-electron chi connectivity index (χ0n) is 10.0. The lowest BCUT2D eigenvalue weighted by molar-refractivity contribution is 0.120. The van der Waals surface area contributed by atoms with Crippen LogP contribution in [0, 0.1) is 5.41 Å². The SMILES string of the molecule is CCC(C)N1CCC(C)(C(N)=NO)CC1. The lowest BCUT2D eigenvalue weighted by atomic mass is 9.79. The van der Waals surface area contributed by atoms with Gasteiger partial charge in [0.1, 0.15) is 5.84 Å². The molecule has 1 aliphatic rings. The van der Waals surface area contributed by atoms with Gasteiger partial charge in [-0.1, -0.05) is 19.0 Å². The van der Waals surface area contributed by atoms with Crippen molar-refractivity contribution in [2.75, 3.05) is 13.1 Å². The molecule has 88 valence electrons. The van der Waals surface area contributed by atoms with Crippen molar-refractivity contribution in [2.24, 2.45) is 16.3 Å². The van der Waals surface area contributed by atoms with Gasteiger partial charge in [-0.15, -0.1) is 0 Å². The third kappa shape index (κ3) is 2.62. The second-order valence-corrected chi connectivity index (χ2v) is 4.84. The van der Waals surface area contributed by atoms with E-state index in [1.165, 1.54) is 6.42 Å². The molecule has 0 saturated carbocycles. The van der Waals surface area contributed by atoms with Crippen LogP contribution in [0.1, 0.15) is 40.0 Å². The molecule has 0 radical (unpaired) electrons. The molecular weight excluding hydrogens is 190 g/mol. The number of hydrogen-bond acceptors (Lipinski definition) is 3. The number of hydrogen-bond donors (Lipinski definition) is 2. The average Bonchev–Trinajstić information content (AvgIpc) is 2.28. The molecule has 0 amide bonds. The van der Waals surface area contributed by atoms with Gasteiger partial charge < -0.3 is 15.8 Å². The largest absolute Gasteiger partial charge is 0.409 e. The van der Waals surface area contributed by atoms with Crippen LogP contribution in [0.3, 0.4) is 0 Å². The van der Waals surface area contributed by atoms with Crippen LogP contribution < -0.4 is 5.73 Å². The third-order valence-electron chi connectivity index (χ3n) is 3.84. The van der Waals surface area contributed by atoms with Gasteiger partial charge in [0.15, 0.2) is 0 Å². The van der Waals surface area contributed by atoms with E-state index in [0.717, 1.165) is 25.9 Å². The molecule has 3 N–H and O–H groups in total. The molecule has 15 heavy (non-hydrogen) atoms. The number of likely N-dealkylation sites (tertiary alicyclic amines) is 1. The molecule has 1 fully saturated rings. The van der Waals surface area contributed by atoms with Crippen molar-refractivity contribution in [3.63, 3.8) is 0 Å². The van der Waals surface area contributed by atoms with Crippen molar-refractivity contribution in [2.45, 2.75) is 46.1 Å². The highest BCUT2D eigenvalue weighted by Crippen LogP contribution is 2.31. The van der Waals surface area contributed by atoms with E-state index in [-0.39, 0.29) is 5.41 Å². The van der Waals surface area contributed by atoms with E-state index in [2.05, 4.69) is 30.8 Å². The van der Waals surface area contributed by atoms with Crippen LogP contribution in [0.5, 0.6) is 0 Å². The Bertz CT molecular complexity index is 232. The van der Waals surface area contributed by atoms with Gasteiger partial charge in [-0.05, 0) is 39.3 Å². The summed E-state index contributed by atoms with van der Waals surface area (Å²) in [5.74, 6) is 0.381. The summed E-state index contributed by atoms with van der Waals surface area (Å²) in [6, 6.07) is 0.641. The van der Waals surface area contributed by atoms with Crippen LogP contribution in [0.4, 0.5) is 0 Å².